The van der Waals surface area contributed by atoms with E-state index in [0.717, 1.165) is 18.8 Å². The quantitative estimate of drug-likeness (QED) is 0.705. The monoisotopic (exact) mass is 206 g/mol. The third kappa shape index (κ3) is 2.32. The highest BCUT2D eigenvalue weighted by Gasteiger charge is 2.27. The molecule has 1 aliphatic rings. The molecule has 82 valence electrons. The Hall–Kier alpha value is -1.02. The lowest BCUT2D eigenvalue weighted by atomic mass is 9.96. The number of rotatable bonds is 4. The van der Waals surface area contributed by atoms with Gasteiger partial charge in [0, 0.05) is 0 Å². The van der Waals surface area contributed by atoms with Crippen molar-refractivity contribution in [1.82, 2.24) is 0 Å². The Morgan fingerprint density at radius 1 is 1.53 bits per heavy atom. The fourth-order valence-corrected chi connectivity index (χ4v) is 1.68. The maximum Gasteiger partial charge on any atom is 0.223 e. The number of ether oxygens (including phenoxy) is 2. The topological polar surface area (TPSA) is 21.8 Å². The van der Waals surface area contributed by atoms with E-state index in [2.05, 4.69) is 39.0 Å². The van der Waals surface area contributed by atoms with Gasteiger partial charge in [0.2, 0.25) is 6.29 Å². The van der Waals surface area contributed by atoms with E-state index in [1.54, 1.807) is 0 Å². The molecule has 0 amide bonds. The fraction of sp³-hybridized carbons (Fsp3) is 0.538. The Bertz CT molecular complexity index is 342. The molecule has 1 saturated heterocycles. The fourth-order valence-electron chi connectivity index (χ4n) is 1.68. The highest BCUT2D eigenvalue weighted by atomic mass is 16.8. The molecule has 2 unspecified atom stereocenters. The number of hydrogen-bond donors (Lipinski definition) is 0. The van der Waals surface area contributed by atoms with Crippen LogP contribution in [0.1, 0.15) is 37.3 Å². The Morgan fingerprint density at radius 3 is 2.87 bits per heavy atom. The summed E-state index contributed by atoms with van der Waals surface area (Å²) >= 11 is 0. The van der Waals surface area contributed by atoms with E-state index in [4.69, 9.17) is 9.47 Å². The molecule has 0 spiro atoms. The minimum atomic E-state index is -0.00564. The minimum absolute atomic E-state index is 0.00564. The number of hydrogen-bond acceptors (Lipinski definition) is 2. The molecule has 1 aliphatic heterocycles. The van der Waals surface area contributed by atoms with Gasteiger partial charge in [-0.25, -0.2) is 0 Å². The molecule has 0 aliphatic carbocycles. The second kappa shape index (κ2) is 4.23. The van der Waals surface area contributed by atoms with Crippen molar-refractivity contribution in [2.24, 2.45) is 0 Å². The van der Waals surface area contributed by atoms with E-state index in [-0.39, 0.29) is 6.29 Å². The van der Waals surface area contributed by atoms with Crippen molar-refractivity contribution in [3.63, 3.8) is 0 Å². The molecule has 2 rings (SSSR count). The van der Waals surface area contributed by atoms with Crippen LogP contribution in [0.2, 0.25) is 0 Å². The van der Waals surface area contributed by atoms with Crippen molar-refractivity contribution in [2.75, 3.05) is 6.61 Å². The summed E-state index contributed by atoms with van der Waals surface area (Å²) < 4.78 is 10.9. The molecule has 0 saturated carbocycles. The number of benzene rings is 1. The third-order valence-electron chi connectivity index (χ3n) is 2.94. The van der Waals surface area contributed by atoms with Crippen LogP contribution in [0.5, 0.6) is 5.75 Å². The van der Waals surface area contributed by atoms with Gasteiger partial charge in [0.1, 0.15) is 12.4 Å². The lowest BCUT2D eigenvalue weighted by Gasteiger charge is -2.16. The van der Waals surface area contributed by atoms with Gasteiger partial charge in [0.05, 0.1) is 0 Å². The van der Waals surface area contributed by atoms with Gasteiger partial charge < -0.3 is 9.47 Å². The molecule has 2 nitrogen and oxygen atoms in total. The summed E-state index contributed by atoms with van der Waals surface area (Å²) in [6.45, 7) is 7.25. The smallest absolute Gasteiger partial charge is 0.223 e. The van der Waals surface area contributed by atoms with Crippen molar-refractivity contribution in [2.45, 2.75) is 39.4 Å². The van der Waals surface area contributed by atoms with Crippen LogP contribution in [-0.4, -0.2) is 12.9 Å². The first-order chi connectivity index (χ1) is 7.22. The van der Waals surface area contributed by atoms with Crippen LogP contribution < -0.4 is 4.74 Å². The summed E-state index contributed by atoms with van der Waals surface area (Å²) in [7, 11) is 0. The van der Waals surface area contributed by atoms with Crippen LogP contribution in [-0.2, 0) is 4.74 Å². The van der Waals surface area contributed by atoms with E-state index >= 15 is 0 Å². The van der Waals surface area contributed by atoms with E-state index < -0.39 is 0 Å². The zero-order valence-electron chi connectivity index (χ0n) is 9.62. The van der Waals surface area contributed by atoms with Crippen LogP contribution in [0.15, 0.2) is 18.2 Å². The van der Waals surface area contributed by atoms with Gasteiger partial charge >= 0.3 is 0 Å². The predicted molar refractivity (Wildman–Crippen MR) is 60.3 cm³/mol. The molecular weight excluding hydrogens is 188 g/mol. The molecule has 1 aromatic carbocycles. The van der Waals surface area contributed by atoms with Crippen molar-refractivity contribution < 1.29 is 9.47 Å². The number of para-hydroxylation sites is 1. The molecule has 2 heteroatoms. The van der Waals surface area contributed by atoms with Crippen LogP contribution in [0.4, 0.5) is 0 Å². The second-order valence-electron chi connectivity index (χ2n) is 4.18. The highest BCUT2D eigenvalue weighted by Crippen LogP contribution is 2.33. The Balaban J connectivity index is 2.29. The first kappa shape index (κ1) is 10.5. The Morgan fingerprint density at radius 2 is 2.27 bits per heavy atom. The Kier molecular flexibility index (Phi) is 2.96. The van der Waals surface area contributed by atoms with Crippen LogP contribution >= 0.6 is 0 Å². The number of aryl methyl sites for hydroxylation is 1. The van der Waals surface area contributed by atoms with Crippen LogP contribution in [0.25, 0.3) is 0 Å². The Labute approximate surface area is 91.2 Å². The molecule has 1 fully saturated rings. The van der Waals surface area contributed by atoms with Crippen LogP contribution in [0, 0.1) is 6.92 Å². The molecule has 1 heterocycles. The largest absolute Gasteiger partial charge is 0.462 e. The van der Waals surface area contributed by atoms with Crippen LogP contribution in [0.3, 0.4) is 0 Å². The van der Waals surface area contributed by atoms with Crippen molar-refractivity contribution in [3.05, 3.63) is 29.3 Å². The molecule has 0 N–H and O–H groups in total. The van der Waals surface area contributed by atoms with E-state index in [1.807, 2.05) is 0 Å². The van der Waals surface area contributed by atoms with Crippen molar-refractivity contribution >= 4 is 0 Å². The van der Waals surface area contributed by atoms with Gasteiger partial charge in [-0.3, -0.25) is 0 Å². The molecule has 0 radical (unpaired) electrons. The van der Waals surface area contributed by atoms with E-state index in [9.17, 15) is 0 Å². The van der Waals surface area contributed by atoms with E-state index in [0.29, 0.717) is 5.92 Å². The molecular formula is C13H18O2. The molecule has 0 bridgehead atoms. The standard InChI is InChI=1S/C13H18O2/c1-4-9(2)11-7-5-6-10(3)13(11)15-12-8-14-12/h5-7,9,12H,4,8H2,1-3H3. The van der Waals surface area contributed by atoms with Gasteiger partial charge in [0.15, 0.2) is 0 Å². The third-order valence-corrected chi connectivity index (χ3v) is 2.94. The van der Waals surface area contributed by atoms with Gasteiger partial charge in [-0.05, 0) is 30.4 Å². The SMILES string of the molecule is CCC(C)c1cccc(C)c1OC1CO1. The lowest BCUT2D eigenvalue weighted by molar-refractivity contribution is 0.176. The van der Waals surface area contributed by atoms with Crippen molar-refractivity contribution in [3.8, 4) is 5.75 Å². The van der Waals surface area contributed by atoms with E-state index in [1.165, 1.54) is 11.1 Å². The predicted octanol–water partition coefficient (Wildman–Crippen LogP) is 3.24. The first-order valence-corrected chi connectivity index (χ1v) is 5.60. The van der Waals surface area contributed by atoms with Gasteiger partial charge in [0.25, 0.3) is 0 Å². The molecule has 0 aromatic heterocycles. The summed E-state index contributed by atoms with van der Waals surface area (Å²) in [4.78, 5) is 0. The average Bonchev–Trinajstić information content (AvgIpc) is 3.04. The summed E-state index contributed by atoms with van der Waals surface area (Å²) in [5.41, 5.74) is 2.50. The molecule has 2 atom stereocenters. The first-order valence-electron chi connectivity index (χ1n) is 5.60. The lowest BCUT2D eigenvalue weighted by Crippen LogP contribution is -2.04. The normalized spacial score (nSPS) is 21.1. The van der Waals surface area contributed by atoms with Gasteiger partial charge in [-0.1, -0.05) is 32.0 Å². The van der Waals surface area contributed by atoms with Gasteiger partial charge in [-0.15, -0.1) is 0 Å². The summed E-state index contributed by atoms with van der Waals surface area (Å²) in [5.74, 6) is 1.56. The average molecular weight is 206 g/mol. The maximum absolute atomic E-state index is 5.79. The zero-order valence-corrected chi connectivity index (χ0v) is 9.62. The summed E-state index contributed by atoms with van der Waals surface area (Å²) in [5, 5.41) is 0. The minimum Gasteiger partial charge on any atom is -0.462 e. The summed E-state index contributed by atoms with van der Waals surface area (Å²) in [6.07, 6.45) is 1.12. The van der Waals surface area contributed by atoms with Gasteiger partial charge in [-0.2, -0.15) is 0 Å². The maximum atomic E-state index is 5.79. The zero-order chi connectivity index (χ0) is 10.8. The van der Waals surface area contributed by atoms with Crippen molar-refractivity contribution in [1.29, 1.82) is 0 Å². The second-order valence-corrected chi connectivity index (χ2v) is 4.18. The summed E-state index contributed by atoms with van der Waals surface area (Å²) in [6, 6.07) is 6.33. The molecule has 1 aromatic rings. The highest BCUT2D eigenvalue weighted by molar-refractivity contribution is 5.42. The number of epoxide rings is 1. The molecule has 15 heavy (non-hydrogen) atoms.